The molecule has 0 bridgehead atoms. The molecule has 0 atom stereocenters. The van der Waals surface area contributed by atoms with Gasteiger partial charge >= 0.3 is 6.18 Å². The van der Waals surface area contributed by atoms with Crippen molar-refractivity contribution in [3.63, 3.8) is 0 Å². The Hall–Kier alpha value is -1.30. The van der Waals surface area contributed by atoms with Gasteiger partial charge in [-0.3, -0.25) is 4.98 Å². The minimum absolute atomic E-state index is 0.0390. The Morgan fingerprint density at radius 2 is 2.11 bits per heavy atom. The second-order valence-corrected chi connectivity index (χ2v) is 3.83. The number of pyridine rings is 1. The zero-order chi connectivity index (χ0) is 13.4. The van der Waals surface area contributed by atoms with E-state index in [-0.39, 0.29) is 13.0 Å². The first kappa shape index (κ1) is 14.8. The van der Waals surface area contributed by atoms with Crippen molar-refractivity contribution in [1.82, 2.24) is 10.3 Å². The molecule has 0 aliphatic carbocycles. The Labute approximate surface area is 104 Å². The summed E-state index contributed by atoms with van der Waals surface area (Å²) >= 11 is 0. The van der Waals surface area contributed by atoms with E-state index in [0.717, 1.165) is 12.2 Å². The quantitative estimate of drug-likeness (QED) is 0.767. The van der Waals surface area contributed by atoms with Crippen LogP contribution in [-0.4, -0.2) is 24.3 Å². The monoisotopic (exact) mass is 262 g/mol. The van der Waals surface area contributed by atoms with Crippen molar-refractivity contribution in [2.45, 2.75) is 32.5 Å². The number of aromatic nitrogens is 1. The van der Waals surface area contributed by atoms with Crippen molar-refractivity contribution in [2.24, 2.45) is 0 Å². The summed E-state index contributed by atoms with van der Waals surface area (Å²) in [6, 6.07) is 3.51. The third-order valence-corrected chi connectivity index (χ3v) is 2.23. The largest absolute Gasteiger partial charge is 0.492 e. The number of halogens is 3. The van der Waals surface area contributed by atoms with Gasteiger partial charge < -0.3 is 10.1 Å². The Morgan fingerprint density at radius 1 is 1.33 bits per heavy atom. The van der Waals surface area contributed by atoms with E-state index in [0.29, 0.717) is 12.3 Å². The van der Waals surface area contributed by atoms with Crippen LogP contribution in [0.3, 0.4) is 0 Å². The molecule has 6 heteroatoms. The smallest absolute Gasteiger partial charge is 0.389 e. The number of rotatable bonds is 7. The van der Waals surface area contributed by atoms with Gasteiger partial charge in [0.15, 0.2) is 0 Å². The highest BCUT2D eigenvalue weighted by Gasteiger charge is 2.26. The molecule has 0 unspecified atom stereocenters. The third kappa shape index (κ3) is 6.44. The second-order valence-electron chi connectivity index (χ2n) is 3.83. The Morgan fingerprint density at radius 3 is 2.67 bits per heavy atom. The number of alkyl halides is 3. The van der Waals surface area contributed by atoms with Gasteiger partial charge in [-0.05, 0) is 25.1 Å². The zero-order valence-electron chi connectivity index (χ0n) is 10.3. The number of ether oxygens (including phenoxy) is 1. The normalized spacial score (nSPS) is 11.6. The van der Waals surface area contributed by atoms with E-state index in [1.54, 1.807) is 12.1 Å². The molecule has 102 valence electrons. The molecule has 1 heterocycles. The van der Waals surface area contributed by atoms with Gasteiger partial charge in [-0.25, -0.2) is 0 Å². The molecule has 18 heavy (non-hydrogen) atoms. The first-order valence-corrected chi connectivity index (χ1v) is 5.86. The standard InChI is InChI=1S/C12H17F3N2O/c1-2-16-8-10-4-5-11(9-17-10)18-7-3-6-12(13,14)15/h4-5,9,16H,2-3,6-8H2,1H3. The Bertz CT molecular complexity index is 338. The Kier molecular flexibility index (Phi) is 5.91. The third-order valence-electron chi connectivity index (χ3n) is 2.23. The fraction of sp³-hybridized carbons (Fsp3) is 0.583. The maximum atomic E-state index is 11.9. The van der Waals surface area contributed by atoms with Gasteiger partial charge in [-0.1, -0.05) is 6.92 Å². The molecule has 1 rings (SSSR count). The average molecular weight is 262 g/mol. The lowest BCUT2D eigenvalue weighted by molar-refractivity contribution is -0.136. The van der Waals surface area contributed by atoms with Gasteiger partial charge in [0, 0.05) is 13.0 Å². The van der Waals surface area contributed by atoms with Crippen LogP contribution >= 0.6 is 0 Å². The van der Waals surface area contributed by atoms with Crippen LogP contribution < -0.4 is 10.1 Å². The lowest BCUT2D eigenvalue weighted by atomic mass is 10.3. The number of nitrogens with zero attached hydrogens (tertiary/aromatic N) is 1. The van der Waals surface area contributed by atoms with Crippen molar-refractivity contribution in [3.05, 3.63) is 24.0 Å². The van der Waals surface area contributed by atoms with Crippen LogP contribution in [0.2, 0.25) is 0 Å². The van der Waals surface area contributed by atoms with Crippen LogP contribution in [0.4, 0.5) is 13.2 Å². The van der Waals surface area contributed by atoms with E-state index < -0.39 is 12.6 Å². The predicted octanol–water partition coefficient (Wildman–Crippen LogP) is 2.91. The molecule has 0 saturated heterocycles. The lowest BCUT2D eigenvalue weighted by Gasteiger charge is -2.08. The highest BCUT2D eigenvalue weighted by atomic mass is 19.4. The van der Waals surface area contributed by atoms with Crippen molar-refractivity contribution in [2.75, 3.05) is 13.2 Å². The van der Waals surface area contributed by atoms with E-state index >= 15 is 0 Å². The summed E-state index contributed by atoms with van der Waals surface area (Å²) in [6.45, 7) is 3.58. The average Bonchev–Trinajstić information content (AvgIpc) is 2.32. The maximum absolute atomic E-state index is 11.9. The summed E-state index contributed by atoms with van der Waals surface area (Å²) in [6.07, 6.45) is -3.45. The van der Waals surface area contributed by atoms with Gasteiger partial charge in [0.1, 0.15) is 5.75 Å². The predicted molar refractivity (Wildman–Crippen MR) is 62.4 cm³/mol. The summed E-state index contributed by atoms with van der Waals surface area (Å²) in [4.78, 5) is 4.13. The molecule has 1 N–H and O–H groups in total. The van der Waals surface area contributed by atoms with Gasteiger partial charge in [0.2, 0.25) is 0 Å². The van der Waals surface area contributed by atoms with E-state index in [1.807, 2.05) is 6.92 Å². The van der Waals surface area contributed by atoms with Crippen LogP contribution in [-0.2, 0) is 6.54 Å². The van der Waals surface area contributed by atoms with Crippen LogP contribution in [0, 0.1) is 0 Å². The molecule has 0 aliphatic rings. The molecule has 3 nitrogen and oxygen atoms in total. The second kappa shape index (κ2) is 7.20. The molecule has 0 spiro atoms. The molecular formula is C12H17F3N2O. The van der Waals surface area contributed by atoms with Gasteiger partial charge in [-0.15, -0.1) is 0 Å². The van der Waals surface area contributed by atoms with Crippen molar-refractivity contribution in [3.8, 4) is 5.75 Å². The van der Waals surface area contributed by atoms with Crippen LogP contribution in [0.25, 0.3) is 0 Å². The van der Waals surface area contributed by atoms with Gasteiger partial charge in [0.05, 0.1) is 18.5 Å². The van der Waals surface area contributed by atoms with E-state index in [1.165, 1.54) is 6.20 Å². The van der Waals surface area contributed by atoms with Crippen molar-refractivity contribution in [1.29, 1.82) is 0 Å². The first-order chi connectivity index (χ1) is 8.51. The zero-order valence-corrected chi connectivity index (χ0v) is 10.3. The molecular weight excluding hydrogens is 245 g/mol. The highest BCUT2D eigenvalue weighted by molar-refractivity contribution is 5.19. The minimum atomic E-state index is -4.11. The molecule has 0 radical (unpaired) electrons. The summed E-state index contributed by atoms with van der Waals surface area (Å²) in [5, 5.41) is 3.12. The van der Waals surface area contributed by atoms with E-state index in [2.05, 4.69) is 10.3 Å². The maximum Gasteiger partial charge on any atom is 0.389 e. The molecule has 1 aromatic rings. The molecule has 0 saturated carbocycles. The highest BCUT2D eigenvalue weighted by Crippen LogP contribution is 2.21. The molecule has 1 aromatic heterocycles. The molecule has 0 aromatic carbocycles. The summed E-state index contributed by atoms with van der Waals surface area (Å²) < 4.78 is 40.8. The number of hydrogen-bond acceptors (Lipinski definition) is 3. The number of nitrogens with one attached hydrogen (secondary N) is 1. The topological polar surface area (TPSA) is 34.1 Å². The SMILES string of the molecule is CCNCc1ccc(OCCCC(F)(F)F)cn1. The fourth-order valence-corrected chi connectivity index (χ4v) is 1.32. The van der Waals surface area contributed by atoms with E-state index in [9.17, 15) is 13.2 Å². The minimum Gasteiger partial charge on any atom is -0.492 e. The van der Waals surface area contributed by atoms with Crippen molar-refractivity contribution >= 4 is 0 Å². The van der Waals surface area contributed by atoms with Gasteiger partial charge in [-0.2, -0.15) is 13.2 Å². The van der Waals surface area contributed by atoms with Crippen LogP contribution in [0.5, 0.6) is 5.75 Å². The Balaban J connectivity index is 2.26. The molecule has 0 aliphatic heterocycles. The lowest BCUT2D eigenvalue weighted by Crippen LogP contribution is -2.13. The molecule has 0 fully saturated rings. The first-order valence-electron chi connectivity index (χ1n) is 5.86. The van der Waals surface area contributed by atoms with Crippen molar-refractivity contribution < 1.29 is 17.9 Å². The summed E-state index contributed by atoms with van der Waals surface area (Å²) in [7, 11) is 0. The van der Waals surface area contributed by atoms with Crippen LogP contribution in [0.1, 0.15) is 25.5 Å². The number of hydrogen-bond donors (Lipinski definition) is 1. The van der Waals surface area contributed by atoms with Crippen LogP contribution in [0.15, 0.2) is 18.3 Å². The fourth-order valence-electron chi connectivity index (χ4n) is 1.32. The van der Waals surface area contributed by atoms with E-state index in [4.69, 9.17) is 4.74 Å². The molecule has 0 amide bonds. The van der Waals surface area contributed by atoms with Gasteiger partial charge in [0.25, 0.3) is 0 Å². The summed E-state index contributed by atoms with van der Waals surface area (Å²) in [5.41, 5.74) is 0.875. The summed E-state index contributed by atoms with van der Waals surface area (Å²) in [5.74, 6) is 0.498.